The molecule has 2 aliphatic heterocycles. The fourth-order valence-electron chi connectivity index (χ4n) is 4.61. The van der Waals surface area contributed by atoms with Crippen LogP contribution in [0.4, 0.5) is 11.4 Å². The quantitative estimate of drug-likeness (QED) is 0.518. The summed E-state index contributed by atoms with van der Waals surface area (Å²) in [6.45, 7) is 5.17. The van der Waals surface area contributed by atoms with E-state index in [1.165, 1.54) is 10.5 Å². The van der Waals surface area contributed by atoms with Crippen LogP contribution in [0.5, 0.6) is 5.75 Å². The van der Waals surface area contributed by atoms with Crippen molar-refractivity contribution in [1.29, 1.82) is 0 Å². The number of imide groups is 1. The second-order valence-electron chi connectivity index (χ2n) is 8.35. The topological polar surface area (TPSA) is 49.9 Å². The lowest BCUT2D eigenvalue weighted by Gasteiger charge is -2.32. The van der Waals surface area contributed by atoms with Gasteiger partial charge in [-0.2, -0.15) is 0 Å². The van der Waals surface area contributed by atoms with Crippen LogP contribution in [0.15, 0.2) is 78.5 Å². The van der Waals surface area contributed by atoms with Gasteiger partial charge in [-0.1, -0.05) is 48.0 Å². The monoisotopic (exact) mass is 438 g/mol. The Bertz CT molecular complexity index is 1240. The number of amides is 2. The molecule has 3 aromatic carbocycles. The molecule has 0 bridgehead atoms. The number of hydrogen-bond acceptors (Lipinski definition) is 4. The maximum atomic E-state index is 13.8. The molecular formula is C28H26N2O3. The zero-order valence-corrected chi connectivity index (χ0v) is 18.9. The standard InChI is InChI=1S/C28H26N2O3/c1-3-33-23-16-12-21(13-17-23)25-26(29-18-6-8-20-7-4-5-9-24(20)29)28(32)30(27(25)31)22-14-10-19(2)11-15-22/h4-5,7,9-17H,3,6,8,18H2,1-2H3. The van der Waals surface area contributed by atoms with Crippen molar-refractivity contribution in [1.82, 2.24) is 0 Å². The van der Waals surface area contributed by atoms with Gasteiger partial charge in [0.05, 0.1) is 17.9 Å². The lowest BCUT2D eigenvalue weighted by molar-refractivity contribution is -0.120. The van der Waals surface area contributed by atoms with Gasteiger partial charge in [-0.15, -0.1) is 0 Å². The third-order valence-corrected chi connectivity index (χ3v) is 6.19. The number of nitrogens with zero attached hydrogens (tertiary/aromatic N) is 2. The predicted molar refractivity (Wildman–Crippen MR) is 130 cm³/mol. The molecule has 5 nitrogen and oxygen atoms in total. The van der Waals surface area contributed by atoms with Gasteiger partial charge in [0, 0.05) is 12.2 Å². The highest BCUT2D eigenvalue weighted by molar-refractivity contribution is 6.46. The van der Waals surface area contributed by atoms with Gasteiger partial charge in [0.1, 0.15) is 11.4 Å². The van der Waals surface area contributed by atoms with Crippen molar-refractivity contribution in [2.75, 3.05) is 23.0 Å². The Balaban J connectivity index is 1.66. The van der Waals surface area contributed by atoms with E-state index < -0.39 is 0 Å². The summed E-state index contributed by atoms with van der Waals surface area (Å²) in [6, 6.07) is 23.0. The van der Waals surface area contributed by atoms with E-state index >= 15 is 0 Å². The molecule has 0 N–H and O–H groups in total. The zero-order chi connectivity index (χ0) is 22.9. The van der Waals surface area contributed by atoms with Crippen molar-refractivity contribution >= 4 is 28.8 Å². The van der Waals surface area contributed by atoms with Crippen molar-refractivity contribution in [2.45, 2.75) is 26.7 Å². The SMILES string of the molecule is CCOc1ccc(C2=C(N3CCCc4ccccc43)C(=O)N(c3ccc(C)cc3)C2=O)cc1. The molecule has 0 radical (unpaired) electrons. The number of para-hydroxylation sites is 1. The average Bonchev–Trinajstić information content (AvgIpc) is 3.10. The molecule has 2 aliphatic rings. The highest BCUT2D eigenvalue weighted by Gasteiger charge is 2.43. The van der Waals surface area contributed by atoms with Crippen molar-refractivity contribution < 1.29 is 14.3 Å². The van der Waals surface area contributed by atoms with Crippen LogP contribution in [0.2, 0.25) is 0 Å². The van der Waals surface area contributed by atoms with Crippen LogP contribution in [-0.4, -0.2) is 25.0 Å². The first-order chi connectivity index (χ1) is 16.1. The van der Waals surface area contributed by atoms with Crippen molar-refractivity contribution in [3.05, 3.63) is 95.2 Å². The Labute approximate surface area is 193 Å². The van der Waals surface area contributed by atoms with E-state index in [0.29, 0.717) is 35.7 Å². The number of fused-ring (bicyclic) bond motifs is 1. The van der Waals surface area contributed by atoms with Gasteiger partial charge >= 0.3 is 0 Å². The molecule has 0 aromatic heterocycles. The van der Waals surface area contributed by atoms with E-state index in [4.69, 9.17) is 4.74 Å². The fourth-order valence-corrected chi connectivity index (χ4v) is 4.61. The Morgan fingerprint density at radius 2 is 1.61 bits per heavy atom. The summed E-state index contributed by atoms with van der Waals surface area (Å²) in [6.07, 6.45) is 1.88. The maximum absolute atomic E-state index is 13.8. The molecule has 0 saturated heterocycles. The molecule has 0 aliphatic carbocycles. The molecule has 0 unspecified atom stereocenters. The number of rotatable bonds is 5. The van der Waals surface area contributed by atoms with Gasteiger partial charge in [0.15, 0.2) is 0 Å². The zero-order valence-electron chi connectivity index (χ0n) is 18.9. The molecule has 0 spiro atoms. The van der Waals surface area contributed by atoms with Crippen LogP contribution in [0, 0.1) is 6.92 Å². The molecule has 5 heteroatoms. The van der Waals surface area contributed by atoms with E-state index in [1.807, 2.05) is 85.5 Å². The molecule has 2 heterocycles. The number of benzene rings is 3. The highest BCUT2D eigenvalue weighted by atomic mass is 16.5. The van der Waals surface area contributed by atoms with Crippen LogP contribution in [-0.2, 0) is 16.0 Å². The van der Waals surface area contributed by atoms with E-state index in [9.17, 15) is 9.59 Å². The Morgan fingerprint density at radius 3 is 2.33 bits per heavy atom. The minimum absolute atomic E-state index is 0.288. The van der Waals surface area contributed by atoms with Gasteiger partial charge in [-0.25, -0.2) is 4.90 Å². The van der Waals surface area contributed by atoms with Crippen molar-refractivity contribution in [3.8, 4) is 5.75 Å². The van der Waals surface area contributed by atoms with E-state index in [0.717, 1.165) is 29.8 Å². The van der Waals surface area contributed by atoms with Crippen LogP contribution < -0.4 is 14.5 Å². The van der Waals surface area contributed by atoms with Crippen LogP contribution in [0.1, 0.15) is 30.0 Å². The summed E-state index contributed by atoms with van der Waals surface area (Å²) < 4.78 is 5.57. The summed E-state index contributed by atoms with van der Waals surface area (Å²) in [5.41, 5.74) is 5.43. The van der Waals surface area contributed by atoms with Gasteiger partial charge in [-0.3, -0.25) is 9.59 Å². The van der Waals surface area contributed by atoms with Crippen LogP contribution >= 0.6 is 0 Å². The number of ether oxygens (including phenoxy) is 1. The summed E-state index contributed by atoms with van der Waals surface area (Å²) in [4.78, 5) is 30.9. The lowest BCUT2D eigenvalue weighted by atomic mass is 9.98. The third-order valence-electron chi connectivity index (χ3n) is 6.19. The normalized spacial score (nSPS) is 15.8. The molecular weight excluding hydrogens is 412 g/mol. The first-order valence-electron chi connectivity index (χ1n) is 11.4. The first-order valence-corrected chi connectivity index (χ1v) is 11.4. The van der Waals surface area contributed by atoms with Gasteiger partial charge in [-0.05, 0) is 68.1 Å². The molecule has 2 amide bonds. The van der Waals surface area contributed by atoms with E-state index in [1.54, 1.807) is 0 Å². The predicted octanol–water partition coefficient (Wildman–Crippen LogP) is 5.13. The molecule has 3 aromatic rings. The first kappa shape index (κ1) is 21.0. The number of anilines is 2. The van der Waals surface area contributed by atoms with E-state index in [-0.39, 0.29) is 11.8 Å². The number of carbonyl (C=O) groups excluding carboxylic acids is 2. The molecule has 5 rings (SSSR count). The van der Waals surface area contributed by atoms with Crippen molar-refractivity contribution in [3.63, 3.8) is 0 Å². The van der Waals surface area contributed by atoms with Crippen molar-refractivity contribution in [2.24, 2.45) is 0 Å². The second-order valence-corrected chi connectivity index (χ2v) is 8.35. The Morgan fingerprint density at radius 1 is 0.879 bits per heavy atom. The smallest absolute Gasteiger partial charge is 0.282 e. The van der Waals surface area contributed by atoms with Crippen LogP contribution in [0.25, 0.3) is 5.57 Å². The summed E-state index contributed by atoms with van der Waals surface area (Å²) in [5, 5.41) is 0. The number of carbonyl (C=O) groups is 2. The largest absolute Gasteiger partial charge is 0.494 e. The minimum Gasteiger partial charge on any atom is -0.494 e. The summed E-state index contributed by atoms with van der Waals surface area (Å²) in [7, 11) is 0. The Hall–Kier alpha value is -3.86. The van der Waals surface area contributed by atoms with Gasteiger partial charge < -0.3 is 9.64 Å². The number of aryl methyl sites for hydroxylation is 2. The molecule has 33 heavy (non-hydrogen) atoms. The summed E-state index contributed by atoms with van der Waals surface area (Å²) in [5.74, 6) is 0.148. The maximum Gasteiger partial charge on any atom is 0.282 e. The van der Waals surface area contributed by atoms with E-state index in [2.05, 4.69) is 6.07 Å². The third kappa shape index (κ3) is 3.69. The van der Waals surface area contributed by atoms with Crippen LogP contribution in [0.3, 0.4) is 0 Å². The minimum atomic E-state index is -0.300. The lowest BCUT2D eigenvalue weighted by Crippen LogP contribution is -2.37. The second kappa shape index (κ2) is 8.58. The Kier molecular flexibility index (Phi) is 5.47. The van der Waals surface area contributed by atoms with Gasteiger partial charge in [0.25, 0.3) is 11.8 Å². The molecule has 0 atom stereocenters. The highest BCUT2D eigenvalue weighted by Crippen LogP contribution is 2.39. The molecule has 166 valence electrons. The summed E-state index contributed by atoms with van der Waals surface area (Å²) >= 11 is 0. The molecule has 0 saturated carbocycles. The van der Waals surface area contributed by atoms with Gasteiger partial charge in [0.2, 0.25) is 0 Å². The number of hydrogen-bond donors (Lipinski definition) is 0. The fraction of sp³-hybridized carbons (Fsp3) is 0.214. The molecule has 0 fully saturated rings. The average molecular weight is 439 g/mol.